The summed E-state index contributed by atoms with van der Waals surface area (Å²) in [6.07, 6.45) is 4.62. The van der Waals surface area contributed by atoms with Gasteiger partial charge in [-0.05, 0) is 60.6 Å². The van der Waals surface area contributed by atoms with E-state index in [4.69, 9.17) is 9.47 Å². The number of esters is 1. The number of rotatable bonds is 5. The molecule has 3 heterocycles. The molecule has 7 heteroatoms. The van der Waals surface area contributed by atoms with Crippen molar-refractivity contribution in [2.45, 2.75) is 63.4 Å². The van der Waals surface area contributed by atoms with Crippen LogP contribution in [0.3, 0.4) is 0 Å². The molecule has 0 radical (unpaired) electrons. The summed E-state index contributed by atoms with van der Waals surface area (Å²) < 4.78 is 40.0. The van der Waals surface area contributed by atoms with Crippen LogP contribution in [0.2, 0.25) is 0 Å². The molecule has 39 heavy (non-hydrogen) atoms. The first kappa shape index (κ1) is 25.6. The predicted octanol–water partition coefficient (Wildman–Crippen LogP) is 5.20. The highest BCUT2D eigenvalue weighted by Gasteiger charge is 2.78. The van der Waals surface area contributed by atoms with E-state index in [2.05, 4.69) is 23.6 Å². The first-order valence-corrected chi connectivity index (χ1v) is 14.6. The van der Waals surface area contributed by atoms with Crippen LogP contribution in [0.1, 0.15) is 56.7 Å². The second-order valence-electron chi connectivity index (χ2n) is 12.9. The molecule has 0 amide bonds. The van der Waals surface area contributed by atoms with Crippen molar-refractivity contribution in [3.63, 3.8) is 0 Å². The van der Waals surface area contributed by atoms with Crippen molar-refractivity contribution in [3.05, 3.63) is 71.3 Å². The van der Waals surface area contributed by atoms with Crippen LogP contribution >= 0.6 is 0 Å². The maximum absolute atomic E-state index is 13.7. The molecule has 0 N–H and O–H groups in total. The zero-order chi connectivity index (χ0) is 26.9. The molecular formula is C32H38F2N2O3. The van der Waals surface area contributed by atoms with E-state index in [0.29, 0.717) is 12.5 Å². The SMILES string of the molecule is CC1CCCC2(C)CC3OC(=O)C(CN4CCN(C(c5ccc(F)cc5)c5ccc(F)cc5)CC4)C3C3OC132. The van der Waals surface area contributed by atoms with Gasteiger partial charge < -0.3 is 9.47 Å². The van der Waals surface area contributed by atoms with E-state index in [0.717, 1.165) is 50.1 Å². The second-order valence-corrected chi connectivity index (χ2v) is 12.9. The fourth-order valence-corrected chi connectivity index (χ4v) is 8.83. The lowest BCUT2D eigenvalue weighted by atomic mass is 9.53. The number of halogens is 2. The lowest BCUT2D eigenvalue weighted by Crippen LogP contribution is -2.55. The van der Waals surface area contributed by atoms with E-state index < -0.39 is 0 Å². The molecule has 5 nitrogen and oxygen atoms in total. The highest BCUT2D eigenvalue weighted by atomic mass is 19.1. The lowest BCUT2D eigenvalue weighted by molar-refractivity contribution is -0.146. The van der Waals surface area contributed by atoms with Gasteiger partial charge in [0.1, 0.15) is 23.3 Å². The lowest BCUT2D eigenvalue weighted by Gasteiger charge is -2.49. The van der Waals surface area contributed by atoms with Gasteiger partial charge in [0.15, 0.2) is 0 Å². The maximum Gasteiger partial charge on any atom is 0.311 e. The van der Waals surface area contributed by atoms with Gasteiger partial charge in [-0.15, -0.1) is 0 Å². The minimum absolute atomic E-state index is 0.0268. The van der Waals surface area contributed by atoms with Crippen molar-refractivity contribution >= 4 is 5.97 Å². The van der Waals surface area contributed by atoms with E-state index in [1.54, 1.807) is 0 Å². The number of piperazine rings is 1. The molecule has 7 unspecified atom stereocenters. The first-order valence-electron chi connectivity index (χ1n) is 14.6. The van der Waals surface area contributed by atoms with E-state index in [-0.39, 0.29) is 58.7 Å². The summed E-state index contributed by atoms with van der Waals surface area (Å²) in [5.41, 5.74) is 2.01. The van der Waals surface area contributed by atoms with Gasteiger partial charge in [0.05, 0.1) is 18.1 Å². The van der Waals surface area contributed by atoms with Crippen molar-refractivity contribution in [2.24, 2.45) is 23.2 Å². The smallest absolute Gasteiger partial charge is 0.311 e. The molecule has 2 saturated carbocycles. The molecule has 7 atom stereocenters. The van der Waals surface area contributed by atoms with Crippen molar-refractivity contribution in [1.82, 2.24) is 9.80 Å². The molecule has 5 fully saturated rings. The summed E-state index contributed by atoms with van der Waals surface area (Å²) in [4.78, 5) is 18.0. The highest BCUT2D eigenvalue weighted by Crippen LogP contribution is 2.70. The molecule has 0 aromatic heterocycles. The zero-order valence-corrected chi connectivity index (χ0v) is 22.8. The van der Waals surface area contributed by atoms with Crippen LogP contribution < -0.4 is 0 Å². The third-order valence-electron chi connectivity index (χ3n) is 10.8. The number of carbonyl (C=O) groups is 1. The summed E-state index contributed by atoms with van der Waals surface area (Å²) in [5, 5.41) is 0. The third-order valence-corrected chi connectivity index (χ3v) is 10.8. The van der Waals surface area contributed by atoms with Crippen molar-refractivity contribution < 1.29 is 23.0 Å². The number of fused-ring (bicyclic) bond motifs is 2. The van der Waals surface area contributed by atoms with Crippen molar-refractivity contribution in [3.8, 4) is 0 Å². The molecule has 7 rings (SSSR count). The Morgan fingerprint density at radius 1 is 0.974 bits per heavy atom. The number of ether oxygens (including phenoxy) is 2. The minimum Gasteiger partial charge on any atom is -0.462 e. The van der Waals surface area contributed by atoms with Gasteiger partial charge in [-0.1, -0.05) is 44.5 Å². The predicted molar refractivity (Wildman–Crippen MR) is 143 cm³/mol. The monoisotopic (exact) mass is 536 g/mol. The van der Waals surface area contributed by atoms with E-state index >= 15 is 0 Å². The standard InChI is InChI=1S/C32H38F2N2O3/c1-20-4-3-13-31(2)18-26-27(29-32(20,31)39-29)25(30(37)38-26)19-35-14-16-36(17-15-35)28(21-5-9-23(33)10-6-21)22-7-11-24(34)12-8-22/h5-12,20,25-29H,3-4,13-19H2,1-2H3. The first-order chi connectivity index (χ1) is 18.8. The van der Waals surface area contributed by atoms with Gasteiger partial charge >= 0.3 is 5.97 Å². The minimum atomic E-state index is -0.268. The van der Waals surface area contributed by atoms with Gasteiger partial charge in [-0.2, -0.15) is 0 Å². The molecule has 2 aliphatic carbocycles. The van der Waals surface area contributed by atoms with Crippen LogP contribution in [-0.2, 0) is 14.3 Å². The third kappa shape index (κ3) is 4.07. The molecule has 2 aromatic carbocycles. The molecule has 208 valence electrons. The summed E-state index contributed by atoms with van der Waals surface area (Å²) in [6, 6.07) is 13.1. The van der Waals surface area contributed by atoms with E-state index in [1.165, 1.54) is 37.1 Å². The van der Waals surface area contributed by atoms with Gasteiger partial charge in [0.2, 0.25) is 0 Å². The average molecular weight is 537 g/mol. The van der Waals surface area contributed by atoms with Crippen molar-refractivity contribution in [2.75, 3.05) is 32.7 Å². The zero-order valence-electron chi connectivity index (χ0n) is 22.8. The van der Waals surface area contributed by atoms with Gasteiger partial charge in [-0.3, -0.25) is 14.6 Å². The fourth-order valence-electron chi connectivity index (χ4n) is 8.83. The van der Waals surface area contributed by atoms with E-state index in [9.17, 15) is 13.6 Å². The number of nitrogens with zero attached hydrogens (tertiary/aromatic N) is 2. The van der Waals surface area contributed by atoms with Crippen LogP contribution in [0, 0.1) is 34.8 Å². The number of benzene rings is 2. The van der Waals surface area contributed by atoms with Crippen LogP contribution in [-0.4, -0.2) is 66.3 Å². The number of hydrogen-bond donors (Lipinski definition) is 0. The normalized spacial score (nSPS) is 38.2. The van der Waals surface area contributed by atoms with Crippen LogP contribution in [0.4, 0.5) is 8.78 Å². The second kappa shape index (κ2) is 9.35. The number of carbonyl (C=O) groups excluding carboxylic acids is 1. The summed E-state index contributed by atoms with van der Waals surface area (Å²) in [7, 11) is 0. The molecule has 1 spiro atoms. The van der Waals surface area contributed by atoms with Crippen LogP contribution in [0.25, 0.3) is 0 Å². The number of hydrogen-bond acceptors (Lipinski definition) is 5. The summed E-state index contributed by atoms with van der Waals surface area (Å²) in [5.74, 6) is -0.0594. The molecule has 5 aliphatic rings. The fraction of sp³-hybridized carbons (Fsp3) is 0.594. The van der Waals surface area contributed by atoms with Gasteiger partial charge in [-0.25, -0.2) is 8.78 Å². The van der Waals surface area contributed by atoms with Crippen LogP contribution in [0.5, 0.6) is 0 Å². The van der Waals surface area contributed by atoms with Gasteiger partial charge in [0, 0.05) is 44.1 Å². The molecular weight excluding hydrogens is 498 g/mol. The Balaban J connectivity index is 1.06. The molecule has 3 saturated heterocycles. The topological polar surface area (TPSA) is 45.3 Å². The molecule has 3 aliphatic heterocycles. The highest BCUT2D eigenvalue weighted by molar-refractivity contribution is 5.76. The molecule has 2 aromatic rings. The average Bonchev–Trinajstić information content (AvgIpc) is 3.61. The maximum atomic E-state index is 13.7. The Bertz CT molecular complexity index is 1190. The Morgan fingerprint density at radius 2 is 1.59 bits per heavy atom. The van der Waals surface area contributed by atoms with E-state index in [1.807, 2.05) is 24.3 Å². The Kier molecular flexibility index (Phi) is 6.14. The summed E-state index contributed by atoms with van der Waals surface area (Å²) >= 11 is 0. The Morgan fingerprint density at radius 3 is 2.21 bits per heavy atom. The van der Waals surface area contributed by atoms with Gasteiger partial charge in [0.25, 0.3) is 0 Å². The Labute approximate surface area is 229 Å². The largest absolute Gasteiger partial charge is 0.462 e. The quantitative estimate of drug-likeness (QED) is 0.389. The summed E-state index contributed by atoms with van der Waals surface area (Å²) in [6.45, 7) is 8.64. The van der Waals surface area contributed by atoms with Crippen molar-refractivity contribution in [1.29, 1.82) is 0 Å². The Hall–Kier alpha value is -2.35. The molecule has 0 bridgehead atoms. The van der Waals surface area contributed by atoms with Crippen LogP contribution in [0.15, 0.2) is 48.5 Å². The number of epoxide rings is 1.